The Kier molecular flexibility index (Phi) is 6.18. The van der Waals surface area contributed by atoms with E-state index in [4.69, 9.17) is 15.8 Å². The molecule has 15 heavy (non-hydrogen) atoms. The molecule has 0 fully saturated rings. The highest BCUT2D eigenvalue weighted by Crippen LogP contribution is 2.14. The van der Waals surface area contributed by atoms with Gasteiger partial charge in [0.1, 0.15) is 5.37 Å². The van der Waals surface area contributed by atoms with Crippen LogP contribution in [0.3, 0.4) is 0 Å². The van der Waals surface area contributed by atoms with Gasteiger partial charge in [-0.2, -0.15) is 0 Å². The van der Waals surface area contributed by atoms with E-state index in [0.717, 1.165) is 6.26 Å². The molecule has 0 saturated heterocycles. The summed E-state index contributed by atoms with van der Waals surface area (Å²) in [6, 6.07) is 8.75. The monoisotopic (exact) mass is 230 g/mol. The molecule has 5 nitrogen and oxygen atoms in total. The Balaban J connectivity index is 0.000000583. The van der Waals surface area contributed by atoms with Gasteiger partial charge in [0.25, 0.3) is 0 Å². The molecule has 0 spiro atoms. The topological polar surface area (TPSA) is 101 Å². The first-order valence-electron chi connectivity index (χ1n) is 4.03. The Hall–Kier alpha value is -0.885. The van der Waals surface area contributed by atoms with Crippen LogP contribution >= 0.6 is 0 Å². The van der Waals surface area contributed by atoms with Gasteiger partial charge in [-0.3, -0.25) is 0 Å². The molecule has 1 rings (SSSR count). The van der Waals surface area contributed by atoms with Crippen LogP contribution in [0.5, 0.6) is 0 Å². The fourth-order valence-electron chi connectivity index (χ4n) is 0.890. The molecular formula is C8H13BNO4S. The van der Waals surface area contributed by atoms with Crippen molar-refractivity contribution >= 4 is 17.5 Å². The molecule has 4 N–H and O–H groups in total. The van der Waals surface area contributed by atoms with Crippen molar-refractivity contribution in [3.63, 3.8) is 0 Å². The predicted octanol–water partition coefficient (Wildman–Crippen LogP) is -0.806. The summed E-state index contributed by atoms with van der Waals surface area (Å²) >= 11 is 0. The molecule has 1 radical (unpaired) electrons. The third-order valence-electron chi connectivity index (χ3n) is 1.59. The zero-order chi connectivity index (χ0) is 11.9. The van der Waals surface area contributed by atoms with Gasteiger partial charge >= 0.3 is 7.69 Å². The molecule has 0 amide bonds. The number of rotatable bonds is 2. The van der Waals surface area contributed by atoms with Gasteiger partial charge in [-0.15, -0.1) is 0 Å². The second-order valence-corrected chi connectivity index (χ2v) is 4.94. The normalized spacial score (nSPS) is 12.3. The largest absolute Gasteiger partial charge is 0.482 e. The molecule has 0 heterocycles. The third-order valence-corrected chi connectivity index (χ3v) is 2.78. The highest BCUT2D eigenvalue weighted by molar-refractivity contribution is 7.90. The zero-order valence-electron chi connectivity index (χ0n) is 8.24. The van der Waals surface area contributed by atoms with E-state index in [1.54, 1.807) is 24.3 Å². The van der Waals surface area contributed by atoms with E-state index in [9.17, 15) is 8.42 Å². The summed E-state index contributed by atoms with van der Waals surface area (Å²) in [7, 11) is -3.18. The average Bonchev–Trinajstić information content (AvgIpc) is 2.18. The molecule has 1 aromatic carbocycles. The lowest BCUT2D eigenvalue weighted by Gasteiger charge is -2.08. The first-order chi connectivity index (χ1) is 6.93. The number of hydrogen-bond acceptors (Lipinski definition) is 5. The highest BCUT2D eigenvalue weighted by atomic mass is 32.2. The van der Waals surface area contributed by atoms with Crippen LogP contribution < -0.4 is 5.73 Å². The zero-order valence-corrected chi connectivity index (χ0v) is 9.05. The fourth-order valence-corrected chi connectivity index (χ4v) is 1.54. The maximum Gasteiger partial charge on any atom is 0.482 e. The maximum absolute atomic E-state index is 11.0. The van der Waals surface area contributed by atoms with Gasteiger partial charge in [-0.25, -0.2) is 8.42 Å². The second-order valence-electron chi connectivity index (χ2n) is 2.78. The Bertz CT molecular complexity index is 367. The molecule has 0 saturated carbocycles. The summed E-state index contributed by atoms with van der Waals surface area (Å²) in [5, 5.41) is 13.1. The standard InChI is InChI=1S/C8H11NO2S.BH2O2/c1-12(10,11)8(9)7-5-3-2-4-6-7;2-1-3/h2-6,8H,9H2,1H3;2-3H. The molecule has 0 aliphatic carbocycles. The molecule has 7 heteroatoms. The van der Waals surface area contributed by atoms with Gasteiger partial charge in [0.2, 0.25) is 0 Å². The minimum Gasteiger partial charge on any atom is -0.429 e. The van der Waals surface area contributed by atoms with Crippen LogP contribution in [0.25, 0.3) is 0 Å². The highest BCUT2D eigenvalue weighted by Gasteiger charge is 2.16. The lowest BCUT2D eigenvalue weighted by molar-refractivity contribution is 0.448. The van der Waals surface area contributed by atoms with Crippen molar-refractivity contribution in [1.29, 1.82) is 0 Å². The van der Waals surface area contributed by atoms with Gasteiger partial charge in [-0.1, -0.05) is 30.3 Å². The molecular weight excluding hydrogens is 217 g/mol. The summed E-state index contributed by atoms with van der Waals surface area (Å²) in [6.07, 6.45) is 1.13. The van der Waals surface area contributed by atoms with Crippen LogP contribution in [0, 0.1) is 0 Å². The molecule has 1 unspecified atom stereocenters. The summed E-state index contributed by atoms with van der Waals surface area (Å²) in [6.45, 7) is 0. The second kappa shape index (κ2) is 6.57. The van der Waals surface area contributed by atoms with Crippen molar-refractivity contribution in [2.24, 2.45) is 5.73 Å². The third kappa shape index (κ3) is 5.53. The Morgan fingerprint density at radius 1 is 1.27 bits per heavy atom. The van der Waals surface area contributed by atoms with Gasteiger partial charge in [0.05, 0.1) is 0 Å². The lowest BCUT2D eigenvalue weighted by Crippen LogP contribution is -2.20. The van der Waals surface area contributed by atoms with Gasteiger partial charge < -0.3 is 15.8 Å². The van der Waals surface area contributed by atoms with Crippen LogP contribution in [-0.4, -0.2) is 32.4 Å². The van der Waals surface area contributed by atoms with Crippen molar-refractivity contribution in [1.82, 2.24) is 0 Å². The van der Waals surface area contributed by atoms with Gasteiger partial charge in [-0.05, 0) is 5.56 Å². The van der Waals surface area contributed by atoms with Crippen molar-refractivity contribution in [2.45, 2.75) is 5.37 Å². The molecule has 0 aliphatic rings. The molecule has 83 valence electrons. The number of hydrogen-bond donors (Lipinski definition) is 3. The number of sulfone groups is 1. The summed E-state index contributed by atoms with van der Waals surface area (Å²) < 4.78 is 22.0. The van der Waals surface area contributed by atoms with E-state index in [1.165, 1.54) is 0 Å². The van der Waals surface area contributed by atoms with E-state index >= 15 is 0 Å². The smallest absolute Gasteiger partial charge is 0.429 e. The maximum atomic E-state index is 11.0. The first-order valence-corrected chi connectivity index (χ1v) is 5.98. The minimum absolute atomic E-state index is 0. The number of benzene rings is 1. The van der Waals surface area contributed by atoms with E-state index in [2.05, 4.69) is 0 Å². The van der Waals surface area contributed by atoms with Gasteiger partial charge in [0.15, 0.2) is 9.84 Å². The van der Waals surface area contributed by atoms with Crippen LogP contribution in [0.15, 0.2) is 30.3 Å². The van der Waals surface area contributed by atoms with E-state index in [1.807, 2.05) is 6.07 Å². The molecule has 0 bridgehead atoms. The Labute approximate surface area is 89.8 Å². The van der Waals surface area contributed by atoms with E-state index < -0.39 is 15.2 Å². The van der Waals surface area contributed by atoms with E-state index in [-0.39, 0.29) is 7.69 Å². The lowest BCUT2D eigenvalue weighted by atomic mass is 10.2. The SMILES string of the molecule is CS(=O)(=O)C(N)c1ccccc1.O[B]O. The Morgan fingerprint density at radius 2 is 1.67 bits per heavy atom. The van der Waals surface area contributed by atoms with Crippen LogP contribution in [0.4, 0.5) is 0 Å². The van der Waals surface area contributed by atoms with E-state index in [0.29, 0.717) is 5.56 Å². The molecule has 0 aliphatic heterocycles. The summed E-state index contributed by atoms with van der Waals surface area (Å²) in [5.74, 6) is 0. The van der Waals surface area contributed by atoms with Crippen molar-refractivity contribution in [3.8, 4) is 0 Å². The summed E-state index contributed by atoms with van der Waals surface area (Å²) in [4.78, 5) is 0. The van der Waals surface area contributed by atoms with Crippen molar-refractivity contribution < 1.29 is 18.5 Å². The Morgan fingerprint density at radius 3 is 2.00 bits per heavy atom. The van der Waals surface area contributed by atoms with Crippen LogP contribution in [-0.2, 0) is 9.84 Å². The fraction of sp³-hybridized carbons (Fsp3) is 0.250. The molecule has 1 atom stereocenters. The quantitative estimate of drug-likeness (QED) is 0.577. The molecule has 1 aromatic rings. The van der Waals surface area contributed by atoms with Gasteiger partial charge in [0, 0.05) is 6.26 Å². The molecule has 0 aromatic heterocycles. The minimum atomic E-state index is -3.18. The van der Waals surface area contributed by atoms with Crippen LogP contribution in [0.1, 0.15) is 10.9 Å². The van der Waals surface area contributed by atoms with Crippen molar-refractivity contribution in [2.75, 3.05) is 6.26 Å². The predicted molar refractivity (Wildman–Crippen MR) is 58.4 cm³/mol. The van der Waals surface area contributed by atoms with Crippen molar-refractivity contribution in [3.05, 3.63) is 35.9 Å². The number of nitrogens with two attached hydrogens (primary N) is 1. The summed E-state index contributed by atoms with van der Waals surface area (Å²) in [5.41, 5.74) is 6.11. The van der Waals surface area contributed by atoms with Crippen LogP contribution in [0.2, 0.25) is 0 Å². The average molecular weight is 230 g/mol. The first kappa shape index (κ1) is 14.1.